The smallest absolute Gasteiger partial charge is 0.306 e. The second kappa shape index (κ2) is 24.3. The van der Waals surface area contributed by atoms with E-state index in [0.717, 1.165) is 44.9 Å². The van der Waals surface area contributed by atoms with Gasteiger partial charge >= 0.3 is 11.9 Å². The highest BCUT2D eigenvalue weighted by Gasteiger charge is 2.09. The van der Waals surface area contributed by atoms with E-state index >= 15 is 0 Å². The minimum Gasteiger partial charge on any atom is -0.481 e. The Morgan fingerprint density at radius 3 is 1.72 bits per heavy atom. The van der Waals surface area contributed by atoms with Crippen molar-refractivity contribution in [3.63, 3.8) is 0 Å². The third-order valence-corrected chi connectivity index (χ3v) is 5.98. The number of unbranched alkanes of at least 4 members (excludes halogenated alkanes) is 15. The van der Waals surface area contributed by atoms with Crippen LogP contribution in [0.5, 0.6) is 0 Å². The first-order valence-corrected chi connectivity index (χ1v) is 13.6. The van der Waals surface area contributed by atoms with E-state index in [1.54, 1.807) is 0 Å². The van der Waals surface area contributed by atoms with Crippen molar-refractivity contribution in [3.05, 3.63) is 12.2 Å². The molecular weight excluding hydrogens is 400 g/mol. The summed E-state index contributed by atoms with van der Waals surface area (Å²) in [5.74, 6) is -0.712. The van der Waals surface area contributed by atoms with Gasteiger partial charge in [0.05, 0.1) is 6.10 Å². The number of carbonyl (C=O) groups excluding carboxylic acids is 1. The Hall–Kier alpha value is -1.32. The highest BCUT2D eigenvalue weighted by atomic mass is 16.5. The van der Waals surface area contributed by atoms with E-state index in [4.69, 9.17) is 9.84 Å². The number of rotatable bonds is 24. The van der Waals surface area contributed by atoms with E-state index in [1.807, 2.05) is 6.92 Å². The summed E-state index contributed by atoms with van der Waals surface area (Å²) in [5.41, 5.74) is 0. The van der Waals surface area contributed by atoms with Gasteiger partial charge in [0.2, 0.25) is 0 Å². The Labute approximate surface area is 198 Å². The quantitative estimate of drug-likeness (QED) is 0.0902. The van der Waals surface area contributed by atoms with Crippen molar-refractivity contribution in [2.24, 2.45) is 0 Å². The van der Waals surface area contributed by atoms with E-state index < -0.39 is 5.97 Å². The van der Waals surface area contributed by atoms with Crippen LogP contribution < -0.4 is 0 Å². The molecule has 4 heteroatoms. The average molecular weight is 453 g/mol. The fraction of sp³-hybridized carbons (Fsp3) is 0.857. The van der Waals surface area contributed by atoms with Crippen LogP contribution in [0, 0.1) is 0 Å². The van der Waals surface area contributed by atoms with Gasteiger partial charge in [-0.25, -0.2) is 0 Å². The molecule has 0 fully saturated rings. The molecule has 32 heavy (non-hydrogen) atoms. The minimum absolute atomic E-state index is 0.0285. The van der Waals surface area contributed by atoms with E-state index in [9.17, 15) is 9.59 Å². The number of esters is 1. The van der Waals surface area contributed by atoms with Crippen molar-refractivity contribution in [1.82, 2.24) is 0 Å². The lowest BCUT2D eigenvalue weighted by molar-refractivity contribution is -0.148. The Balaban J connectivity index is 3.35. The highest BCUT2D eigenvalue weighted by Crippen LogP contribution is 2.14. The van der Waals surface area contributed by atoms with Gasteiger partial charge < -0.3 is 9.84 Å². The molecule has 0 rings (SSSR count). The summed E-state index contributed by atoms with van der Waals surface area (Å²) in [7, 11) is 0. The maximum atomic E-state index is 12.0. The van der Waals surface area contributed by atoms with E-state index in [-0.39, 0.29) is 12.1 Å². The van der Waals surface area contributed by atoms with Gasteiger partial charge in [-0.05, 0) is 51.9 Å². The SMILES string of the molecule is CCCC/C=C\CCCCCCCC(=O)OC(C)CCCCCCCCCCCC(=O)O. The number of ether oxygens (including phenoxy) is 1. The van der Waals surface area contributed by atoms with Crippen LogP contribution >= 0.6 is 0 Å². The van der Waals surface area contributed by atoms with Crippen LogP contribution in [0.2, 0.25) is 0 Å². The van der Waals surface area contributed by atoms with Crippen molar-refractivity contribution in [1.29, 1.82) is 0 Å². The maximum absolute atomic E-state index is 12.0. The summed E-state index contributed by atoms with van der Waals surface area (Å²) < 4.78 is 5.55. The summed E-state index contributed by atoms with van der Waals surface area (Å²) >= 11 is 0. The molecule has 188 valence electrons. The van der Waals surface area contributed by atoms with Crippen LogP contribution in [-0.2, 0) is 14.3 Å². The topological polar surface area (TPSA) is 63.6 Å². The largest absolute Gasteiger partial charge is 0.481 e. The van der Waals surface area contributed by atoms with Crippen LogP contribution in [0.25, 0.3) is 0 Å². The Bertz CT molecular complexity index is 458. The molecule has 0 saturated heterocycles. The lowest BCUT2D eigenvalue weighted by Crippen LogP contribution is -2.14. The zero-order valence-corrected chi connectivity index (χ0v) is 21.3. The molecule has 0 saturated carbocycles. The number of carbonyl (C=O) groups is 2. The first kappa shape index (κ1) is 30.7. The molecule has 0 radical (unpaired) electrons. The third-order valence-electron chi connectivity index (χ3n) is 5.98. The van der Waals surface area contributed by atoms with E-state index in [1.165, 1.54) is 77.0 Å². The maximum Gasteiger partial charge on any atom is 0.306 e. The number of hydrogen-bond acceptors (Lipinski definition) is 3. The fourth-order valence-corrected chi connectivity index (χ4v) is 3.91. The second-order valence-electron chi connectivity index (χ2n) is 9.33. The molecule has 1 N–H and O–H groups in total. The summed E-state index contributed by atoms with van der Waals surface area (Å²) in [6, 6.07) is 0. The molecule has 0 bridgehead atoms. The number of allylic oxidation sites excluding steroid dienone is 2. The molecule has 0 aromatic rings. The number of carboxylic acid groups (broad SMARTS) is 1. The van der Waals surface area contributed by atoms with Crippen molar-refractivity contribution in [2.75, 3.05) is 0 Å². The van der Waals surface area contributed by atoms with Gasteiger partial charge in [-0.3, -0.25) is 9.59 Å². The Morgan fingerprint density at radius 1 is 0.688 bits per heavy atom. The van der Waals surface area contributed by atoms with Crippen LogP contribution in [-0.4, -0.2) is 23.1 Å². The molecule has 4 nitrogen and oxygen atoms in total. The first-order chi connectivity index (χ1) is 15.6. The molecular formula is C28H52O4. The van der Waals surface area contributed by atoms with Crippen LogP contribution in [0.1, 0.15) is 149 Å². The molecule has 0 aliphatic heterocycles. The normalized spacial score (nSPS) is 12.3. The number of carboxylic acids is 1. The zero-order chi connectivity index (χ0) is 23.7. The molecule has 0 heterocycles. The average Bonchev–Trinajstić information content (AvgIpc) is 2.75. The standard InChI is InChI=1S/C28H52O4/c1-3-4-5-6-7-8-9-13-16-19-22-25-28(31)32-26(2)23-20-17-14-11-10-12-15-18-21-24-27(29)30/h6-7,26H,3-5,8-25H2,1-2H3,(H,29,30)/b7-6-. The highest BCUT2D eigenvalue weighted by molar-refractivity contribution is 5.69. The predicted molar refractivity (Wildman–Crippen MR) is 135 cm³/mol. The molecule has 1 atom stereocenters. The molecule has 0 aliphatic carbocycles. The summed E-state index contributed by atoms with van der Waals surface area (Å²) in [4.78, 5) is 22.4. The van der Waals surface area contributed by atoms with Crippen molar-refractivity contribution < 1.29 is 19.4 Å². The van der Waals surface area contributed by atoms with Gasteiger partial charge in [0, 0.05) is 12.8 Å². The molecule has 0 amide bonds. The van der Waals surface area contributed by atoms with Gasteiger partial charge in [0.1, 0.15) is 0 Å². The van der Waals surface area contributed by atoms with Gasteiger partial charge in [-0.15, -0.1) is 0 Å². The molecule has 0 aromatic carbocycles. The predicted octanol–water partition coefficient (Wildman–Crippen LogP) is 8.77. The number of aliphatic carboxylic acids is 1. The van der Waals surface area contributed by atoms with Gasteiger partial charge in [0.15, 0.2) is 0 Å². The summed E-state index contributed by atoms with van der Waals surface area (Å²) in [6.45, 7) is 4.25. The monoisotopic (exact) mass is 452 g/mol. The van der Waals surface area contributed by atoms with Crippen LogP contribution in [0.15, 0.2) is 12.2 Å². The lowest BCUT2D eigenvalue weighted by Gasteiger charge is -2.13. The number of hydrogen-bond donors (Lipinski definition) is 1. The van der Waals surface area contributed by atoms with Gasteiger partial charge in [-0.2, -0.15) is 0 Å². The van der Waals surface area contributed by atoms with Crippen molar-refractivity contribution in [3.8, 4) is 0 Å². The van der Waals surface area contributed by atoms with Crippen molar-refractivity contribution >= 4 is 11.9 Å². The Morgan fingerprint density at radius 2 is 1.16 bits per heavy atom. The fourth-order valence-electron chi connectivity index (χ4n) is 3.91. The molecule has 0 aromatic heterocycles. The van der Waals surface area contributed by atoms with Gasteiger partial charge in [0.25, 0.3) is 0 Å². The summed E-state index contributed by atoms with van der Waals surface area (Å²) in [5, 5.41) is 8.60. The Kier molecular flexibility index (Phi) is 23.3. The first-order valence-electron chi connectivity index (χ1n) is 13.6. The zero-order valence-electron chi connectivity index (χ0n) is 21.3. The molecule has 0 spiro atoms. The van der Waals surface area contributed by atoms with Crippen molar-refractivity contribution in [2.45, 2.75) is 155 Å². The van der Waals surface area contributed by atoms with Gasteiger partial charge in [-0.1, -0.05) is 96.1 Å². The summed E-state index contributed by atoms with van der Waals surface area (Å²) in [6.07, 6.45) is 27.6. The molecule has 0 aliphatic rings. The third kappa shape index (κ3) is 24.9. The van der Waals surface area contributed by atoms with E-state index in [2.05, 4.69) is 19.1 Å². The van der Waals surface area contributed by atoms with Crippen LogP contribution in [0.3, 0.4) is 0 Å². The molecule has 1 unspecified atom stereocenters. The lowest BCUT2D eigenvalue weighted by atomic mass is 10.0. The second-order valence-corrected chi connectivity index (χ2v) is 9.33. The minimum atomic E-state index is -0.683. The van der Waals surface area contributed by atoms with E-state index in [0.29, 0.717) is 12.8 Å². The van der Waals surface area contributed by atoms with Crippen LogP contribution in [0.4, 0.5) is 0 Å².